The van der Waals surface area contributed by atoms with Crippen LogP contribution in [0.25, 0.3) is 0 Å². The lowest BCUT2D eigenvalue weighted by Crippen LogP contribution is -2.31. The Bertz CT molecular complexity index is 780. The molecule has 3 rings (SSSR count). The Kier molecular flexibility index (Phi) is 4.53. The van der Waals surface area contributed by atoms with Crippen LogP contribution < -0.4 is 10.6 Å². The summed E-state index contributed by atoms with van der Waals surface area (Å²) < 4.78 is 0. The highest BCUT2D eigenvalue weighted by atomic mass is 35.5. The van der Waals surface area contributed by atoms with Crippen molar-refractivity contribution in [3.8, 4) is 0 Å². The van der Waals surface area contributed by atoms with Crippen molar-refractivity contribution in [2.45, 2.75) is 16.6 Å². The van der Waals surface area contributed by atoms with Crippen LogP contribution in [-0.4, -0.2) is 17.1 Å². The zero-order chi connectivity index (χ0) is 16.6. The zero-order valence-electron chi connectivity index (χ0n) is 11.8. The molecule has 1 fully saturated rings. The lowest BCUT2D eigenvalue weighted by molar-refractivity contribution is -0.121. The number of hydrogen-bond acceptors (Lipinski definition) is 4. The van der Waals surface area contributed by atoms with E-state index in [1.54, 1.807) is 30.3 Å². The molecular weight excluding hydrogens is 355 g/mol. The van der Waals surface area contributed by atoms with Gasteiger partial charge in [-0.15, -0.1) is 11.8 Å². The van der Waals surface area contributed by atoms with Gasteiger partial charge in [-0.05, 0) is 36.4 Å². The second-order valence-corrected chi connectivity index (χ2v) is 7.08. The van der Waals surface area contributed by atoms with Crippen LogP contribution in [-0.2, 0) is 9.59 Å². The van der Waals surface area contributed by atoms with Crippen molar-refractivity contribution in [2.75, 3.05) is 10.6 Å². The summed E-state index contributed by atoms with van der Waals surface area (Å²) in [6.07, 6.45) is 0.122. The van der Waals surface area contributed by atoms with E-state index in [0.29, 0.717) is 16.4 Å². The molecule has 2 N–H and O–H groups in total. The van der Waals surface area contributed by atoms with Gasteiger partial charge >= 0.3 is 0 Å². The van der Waals surface area contributed by atoms with Gasteiger partial charge in [0.05, 0.1) is 21.0 Å². The first kappa shape index (κ1) is 16.2. The number of imide groups is 1. The number of nitrogens with two attached hydrogens (primary N) is 1. The number of amides is 2. The lowest BCUT2D eigenvalue weighted by Gasteiger charge is -2.17. The second-order valence-electron chi connectivity index (χ2n) is 5.02. The Balaban J connectivity index is 1.85. The van der Waals surface area contributed by atoms with Crippen LogP contribution in [0.5, 0.6) is 0 Å². The summed E-state index contributed by atoms with van der Waals surface area (Å²) in [4.78, 5) is 26.9. The molecule has 2 aromatic rings. The molecule has 23 heavy (non-hydrogen) atoms. The second kappa shape index (κ2) is 6.43. The van der Waals surface area contributed by atoms with Crippen molar-refractivity contribution in [1.82, 2.24) is 0 Å². The minimum atomic E-state index is -0.485. The Hall–Kier alpha value is -1.69. The third kappa shape index (κ3) is 3.17. The van der Waals surface area contributed by atoms with Crippen molar-refractivity contribution < 1.29 is 9.59 Å². The van der Waals surface area contributed by atoms with E-state index in [9.17, 15) is 9.59 Å². The van der Waals surface area contributed by atoms with Gasteiger partial charge in [0.25, 0.3) is 0 Å². The van der Waals surface area contributed by atoms with Crippen LogP contribution in [0.15, 0.2) is 47.4 Å². The predicted octanol–water partition coefficient (Wildman–Crippen LogP) is 4.00. The molecule has 2 aromatic carbocycles. The van der Waals surface area contributed by atoms with Gasteiger partial charge in [-0.1, -0.05) is 29.3 Å². The van der Waals surface area contributed by atoms with Crippen molar-refractivity contribution in [2.24, 2.45) is 0 Å². The van der Waals surface area contributed by atoms with Crippen molar-refractivity contribution >= 4 is 58.2 Å². The Morgan fingerprint density at radius 1 is 1.09 bits per heavy atom. The maximum atomic E-state index is 12.6. The average molecular weight is 367 g/mol. The average Bonchev–Trinajstić information content (AvgIpc) is 2.79. The molecule has 2 amide bonds. The van der Waals surface area contributed by atoms with Gasteiger partial charge in [-0.25, -0.2) is 4.90 Å². The molecule has 1 saturated heterocycles. The van der Waals surface area contributed by atoms with Crippen molar-refractivity contribution in [3.63, 3.8) is 0 Å². The van der Waals surface area contributed by atoms with Gasteiger partial charge in [-0.2, -0.15) is 0 Å². The summed E-state index contributed by atoms with van der Waals surface area (Å²) >= 11 is 13.4. The number of carbonyl (C=O) groups is 2. The van der Waals surface area contributed by atoms with Gasteiger partial charge in [0.2, 0.25) is 11.8 Å². The van der Waals surface area contributed by atoms with Gasteiger partial charge < -0.3 is 5.73 Å². The van der Waals surface area contributed by atoms with E-state index < -0.39 is 5.25 Å². The molecule has 0 aliphatic carbocycles. The van der Waals surface area contributed by atoms with Crippen LogP contribution in [0, 0.1) is 0 Å². The van der Waals surface area contributed by atoms with Crippen LogP contribution in [0.2, 0.25) is 10.0 Å². The summed E-state index contributed by atoms with van der Waals surface area (Å²) in [5.74, 6) is -0.576. The number of nitrogen functional groups attached to an aromatic ring is 1. The standard InChI is InChI=1S/C16H12Cl2N2O2S/c17-11-2-1-3-12(15(11)18)20-14(21)8-13(16(20)22)23-10-6-4-9(19)5-7-10/h1-7,13H,8,19H2. The topological polar surface area (TPSA) is 63.4 Å². The van der Waals surface area contributed by atoms with E-state index in [1.807, 2.05) is 12.1 Å². The quantitative estimate of drug-likeness (QED) is 0.658. The van der Waals surface area contributed by atoms with Crippen LogP contribution in [0.4, 0.5) is 11.4 Å². The molecule has 1 unspecified atom stereocenters. The molecule has 0 bridgehead atoms. The highest BCUT2D eigenvalue weighted by Gasteiger charge is 2.41. The first-order chi connectivity index (χ1) is 11.0. The number of benzene rings is 2. The molecule has 0 aromatic heterocycles. The first-order valence-corrected chi connectivity index (χ1v) is 8.44. The number of rotatable bonds is 3. The highest BCUT2D eigenvalue weighted by molar-refractivity contribution is 8.00. The molecule has 0 spiro atoms. The summed E-state index contributed by atoms with van der Waals surface area (Å²) in [6, 6.07) is 12.0. The van der Waals surface area contributed by atoms with E-state index in [1.165, 1.54) is 11.8 Å². The number of nitrogens with zero attached hydrogens (tertiary/aromatic N) is 1. The number of thioether (sulfide) groups is 1. The lowest BCUT2D eigenvalue weighted by atomic mass is 10.3. The molecule has 1 aliphatic heterocycles. The van der Waals surface area contributed by atoms with Gasteiger partial charge in [0, 0.05) is 17.0 Å². The summed E-state index contributed by atoms with van der Waals surface area (Å²) in [5.41, 5.74) is 6.62. The fourth-order valence-electron chi connectivity index (χ4n) is 2.33. The Labute approximate surface area is 147 Å². The largest absolute Gasteiger partial charge is 0.399 e. The van der Waals surface area contributed by atoms with E-state index in [4.69, 9.17) is 28.9 Å². The first-order valence-electron chi connectivity index (χ1n) is 6.80. The Morgan fingerprint density at radius 3 is 2.48 bits per heavy atom. The molecular formula is C16H12Cl2N2O2S. The monoisotopic (exact) mass is 366 g/mol. The summed E-state index contributed by atoms with van der Waals surface area (Å²) in [5, 5.41) is 0.0228. The summed E-state index contributed by atoms with van der Waals surface area (Å²) in [6.45, 7) is 0. The minimum Gasteiger partial charge on any atom is -0.399 e. The molecule has 1 heterocycles. The smallest absolute Gasteiger partial charge is 0.247 e. The SMILES string of the molecule is Nc1ccc(SC2CC(=O)N(c3cccc(Cl)c3Cl)C2=O)cc1. The van der Waals surface area contributed by atoms with Gasteiger partial charge in [0.15, 0.2) is 0 Å². The summed E-state index contributed by atoms with van der Waals surface area (Å²) in [7, 11) is 0. The number of anilines is 2. The number of carbonyl (C=O) groups excluding carboxylic acids is 2. The fourth-order valence-corrected chi connectivity index (χ4v) is 3.76. The van der Waals surface area contributed by atoms with E-state index >= 15 is 0 Å². The Morgan fingerprint density at radius 2 is 1.78 bits per heavy atom. The molecule has 1 aliphatic rings. The van der Waals surface area contributed by atoms with Gasteiger partial charge in [0.1, 0.15) is 0 Å². The third-order valence-electron chi connectivity index (χ3n) is 3.44. The number of halogens is 2. The predicted molar refractivity (Wildman–Crippen MR) is 94.1 cm³/mol. The molecule has 1 atom stereocenters. The van der Waals surface area contributed by atoms with Crippen molar-refractivity contribution in [1.29, 1.82) is 0 Å². The molecule has 4 nitrogen and oxygen atoms in total. The van der Waals surface area contributed by atoms with Crippen LogP contribution in [0.1, 0.15) is 6.42 Å². The molecule has 118 valence electrons. The van der Waals surface area contributed by atoms with E-state index in [2.05, 4.69) is 0 Å². The normalized spacial score (nSPS) is 17.8. The van der Waals surface area contributed by atoms with E-state index in [-0.39, 0.29) is 23.3 Å². The van der Waals surface area contributed by atoms with Crippen molar-refractivity contribution in [3.05, 3.63) is 52.5 Å². The molecule has 0 radical (unpaired) electrons. The van der Waals surface area contributed by atoms with E-state index in [0.717, 1.165) is 9.80 Å². The number of hydrogen-bond donors (Lipinski definition) is 1. The highest BCUT2D eigenvalue weighted by Crippen LogP contribution is 2.38. The zero-order valence-corrected chi connectivity index (χ0v) is 14.2. The maximum Gasteiger partial charge on any atom is 0.247 e. The fraction of sp³-hybridized carbons (Fsp3) is 0.125. The maximum absolute atomic E-state index is 12.6. The molecule has 0 saturated carbocycles. The minimum absolute atomic E-state index is 0.122. The van der Waals surface area contributed by atoms with Gasteiger partial charge in [-0.3, -0.25) is 9.59 Å². The van der Waals surface area contributed by atoms with Crippen LogP contribution in [0.3, 0.4) is 0 Å². The third-order valence-corrected chi connectivity index (χ3v) is 5.44. The van der Waals surface area contributed by atoms with Crippen LogP contribution >= 0.6 is 35.0 Å². The molecule has 7 heteroatoms.